The molecule has 0 saturated carbocycles. The van der Waals surface area contributed by atoms with Crippen LogP contribution in [0, 0.1) is 18.6 Å². The predicted octanol–water partition coefficient (Wildman–Crippen LogP) is 4.67. The topological polar surface area (TPSA) is 72.7 Å². The van der Waals surface area contributed by atoms with E-state index >= 15 is 0 Å². The molecule has 11 heteroatoms. The molecular formula is C20H12F5N5O. The van der Waals surface area contributed by atoms with Gasteiger partial charge in [0.1, 0.15) is 11.6 Å². The lowest BCUT2D eigenvalue weighted by Gasteiger charge is -2.11. The molecule has 0 atom stereocenters. The van der Waals surface area contributed by atoms with Gasteiger partial charge in [-0.15, -0.1) is 0 Å². The second-order valence-electron chi connectivity index (χ2n) is 6.60. The molecule has 0 bridgehead atoms. The second-order valence-corrected chi connectivity index (χ2v) is 6.60. The number of amides is 1. The van der Waals surface area contributed by atoms with Crippen LogP contribution in [0.4, 0.5) is 27.8 Å². The molecule has 0 aliphatic carbocycles. The zero-order valence-corrected chi connectivity index (χ0v) is 15.7. The number of benzene rings is 2. The predicted molar refractivity (Wildman–Crippen MR) is 101 cm³/mol. The van der Waals surface area contributed by atoms with Gasteiger partial charge in [-0.2, -0.15) is 13.2 Å². The summed E-state index contributed by atoms with van der Waals surface area (Å²) in [4.78, 5) is 23.7. The van der Waals surface area contributed by atoms with Gasteiger partial charge in [0.05, 0.1) is 29.0 Å². The number of nitrogens with zero attached hydrogens (tertiary/aromatic N) is 4. The first kappa shape index (κ1) is 20.4. The Balaban J connectivity index is 1.68. The molecule has 0 aliphatic rings. The van der Waals surface area contributed by atoms with Crippen molar-refractivity contribution in [2.24, 2.45) is 0 Å². The third kappa shape index (κ3) is 3.93. The van der Waals surface area contributed by atoms with Gasteiger partial charge >= 0.3 is 6.18 Å². The molecule has 2 aromatic heterocycles. The summed E-state index contributed by atoms with van der Waals surface area (Å²) in [5.41, 5.74) is 0.626. The minimum atomic E-state index is -4.75. The van der Waals surface area contributed by atoms with Crippen LogP contribution in [0.5, 0.6) is 0 Å². The number of halogens is 5. The SMILES string of the molecule is Cc1ccc2c(c1)nc(C(F)(F)F)n2-c1cnc(NC(=O)c2ccc(F)cc2F)cn1. The van der Waals surface area contributed by atoms with Gasteiger partial charge in [-0.3, -0.25) is 9.36 Å². The van der Waals surface area contributed by atoms with Crippen molar-refractivity contribution in [2.45, 2.75) is 13.1 Å². The lowest BCUT2D eigenvalue weighted by atomic mass is 10.2. The summed E-state index contributed by atoms with van der Waals surface area (Å²) in [6.07, 6.45) is -2.71. The van der Waals surface area contributed by atoms with E-state index in [9.17, 15) is 26.7 Å². The average Bonchev–Trinajstić information content (AvgIpc) is 3.07. The Morgan fingerprint density at radius 2 is 1.81 bits per heavy atom. The highest BCUT2D eigenvalue weighted by molar-refractivity contribution is 6.03. The number of carbonyl (C=O) groups is 1. The van der Waals surface area contributed by atoms with Crippen LogP contribution in [0.1, 0.15) is 21.7 Å². The fraction of sp³-hybridized carbons (Fsp3) is 0.100. The van der Waals surface area contributed by atoms with Gasteiger partial charge in [0.2, 0.25) is 5.82 Å². The van der Waals surface area contributed by atoms with E-state index in [4.69, 9.17) is 0 Å². The Morgan fingerprint density at radius 1 is 1.03 bits per heavy atom. The molecule has 31 heavy (non-hydrogen) atoms. The normalized spacial score (nSPS) is 11.7. The number of alkyl halides is 3. The second kappa shape index (κ2) is 7.42. The number of fused-ring (bicyclic) bond motifs is 1. The lowest BCUT2D eigenvalue weighted by molar-refractivity contribution is -0.145. The van der Waals surface area contributed by atoms with E-state index in [1.165, 1.54) is 12.1 Å². The number of anilines is 1. The van der Waals surface area contributed by atoms with Gasteiger partial charge in [-0.1, -0.05) is 6.07 Å². The Hall–Kier alpha value is -3.89. The number of carbonyl (C=O) groups excluding carboxylic acids is 1. The van der Waals surface area contributed by atoms with Crippen molar-refractivity contribution < 1.29 is 26.7 Å². The van der Waals surface area contributed by atoms with Crippen LogP contribution in [-0.4, -0.2) is 25.4 Å². The number of hydrogen-bond acceptors (Lipinski definition) is 4. The van der Waals surface area contributed by atoms with Crippen molar-refractivity contribution in [3.8, 4) is 5.82 Å². The molecular weight excluding hydrogens is 421 g/mol. The lowest BCUT2D eigenvalue weighted by Crippen LogP contribution is -2.17. The number of nitrogens with one attached hydrogen (secondary N) is 1. The largest absolute Gasteiger partial charge is 0.450 e. The fourth-order valence-corrected chi connectivity index (χ4v) is 2.97. The zero-order valence-electron chi connectivity index (χ0n) is 15.7. The van der Waals surface area contributed by atoms with E-state index in [2.05, 4.69) is 20.3 Å². The molecule has 0 unspecified atom stereocenters. The van der Waals surface area contributed by atoms with Gasteiger partial charge in [-0.25, -0.2) is 23.7 Å². The summed E-state index contributed by atoms with van der Waals surface area (Å²) in [6.45, 7) is 1.73. The van der Waals surface area contributed by atoms with Crippen LogP contribution in [-0.2, 0) is 6.18 Å². The molecule has 158 valence electrons. The highest BCUT2D eigenvalue weighted by Gasteiger charge is 2.38. The van der Waals surface area contributed by atoms with Crippen LogP contribution < -0.4 is 5.32 Å². The van der Waals surface area contributed by atoms with Crippen LogP contribution >= 0.6 is 0 Å². The molecule has 4 rings (SSSR count). The highest BCUT2D eigenvalue weighted by atomic mass is 19.4. The third-order valence-electron chi connectivity index (χ3n) is 4.35. The van der Waals surface area contributed by atoms with E-state index in [0.29, 0.717) is 6.07 Å². The van der Waals surface area contributed by atoms with Crippen molar-refractivity contribution in [3.63, 3.8) is 0 Å². The molecule has 6 nitrogen and oxygen atoms in total. The molecule has 0 aliphatic heterocycles. The fourth-order valence-electron chi connectivity index (χ4n) is 2.97. The number of hydrogen-bond donors (Lipinski definition) is 1. The minimum Gasteiger partial charge on any atom is -0.305 e. The van der Waals surface area contributed by atoms with Gasteiger partial charge in [0.25, 0.3) is 5.91 Å². The Morgan fingerprint density at radius 3 is 2.45 bits per heavy atom. The maximum absolute atomic E-state index is 13.7. The van der Waals surface area contributed by atoms with Gasteiger partial charge in [0.15, 0.2) is 11.6 Å². The van der Waals surface area contributed by atoms with Crippen LogP contribution in [0.25, 0.3) is 16.9 Å². The summed E-state index contributed by atoms with van der Waals surface area (Å²) in [7, 11) is 0. The number of rotatable bonds is 3. The summed E-state index contributed by atoms with van der Waals surface area (Å²) in [6, 6.07) is 7.06. The summed E-state index contributed by atoms with van der Waals surface area (Å²) in [5.74, 6) is -4.32. The van der Waals surface area contributed by atoms with Crippen molar-refractivity contribution in [2.75, 3.05) is 5.32 Å². The maximum Gasteiger partial charge on any atom is 0.450 e. The molecule has 1 N–H and O–H groups in total. The van der Waals surface area contributed by atoms with Crippen LogP contribution in [0.3, 0.4) is 0 Å². The van der Waals surface area contributed by atoms with Gasteiger partial charge in [-0.05, 0) is 36.8 Å². The van der Waals surface area contributed by atoms with Crippen molar-refractivity contribution >= 4 is 22.8 Å². The van der Waals surface area contributed by atoms with E-state index in [-0.39, 0.29) is 22.7 Å². The quantitative estimate of drug-likeness (QED) is 0.477. The molecule has 2 aromatic carbocycles. The molecule has 1 amide bonds. The molecule has 0 radical (unpaired) electrons. The molecule has 4 aromatic rings. The van der Waals surface area contributed by atoms with Gasteiger partial charge in [0, 0.05) is 6.07 Å². The molecule has 0 fully saturated rings. The summed E-state index contributed by atoms with van der Waals surface area (Å²) in [5, 5.41) is 2.26. The van der Waals surface area contributed by atoms with E-state index in [1.807, 2.05) is 0 Å². The van der Waals surface area contributed by atoms with E-state index in [0.717, 1.165) is 34.7 Å². The van der Waals surface area contributed by atoms with Crippen LogP contribution in [0.15, 0.2) is 48.8 Å². The molecule has 0 spiro atoms. The molecule has 0 saturated heterocycles. The highest BCUT2D eigenvalue weighted by Crippen LogP contribution is 2.33. The summed E-state index contributed by atoms with van der Waals surface area (Å²) >= 11 is 0. The van der Waals surface area contributed by atoms with E-state index < -0.39 is 35.1 Å². The first-order valence-corrected chi connectivity index (χ1v) is 8.78. The van der Waals surface area contributed by atoms with Crippen molar-refractivity contribution in [1.82, 2.24) is 19.5 Å². The smallest absolute Gasteiger partial charge is 0.305 e. The average molecular weight is 433 g/mol. The Labute approximate surface area is 171 Å². The monoisotopic (exact) mass is 433 g/mol. The Kier molecular flexibility index (Phi) is 4.88. The maximum atomic E-state index is 13.7. The third-order valence-corrected chi connectivity index (χ3v) is 4.35. The number of aromatic nitrogens is 4. The number of aryl methyl sites for hydroxylation is 1. The van der Waals surface area contributed by atoms with Crippen molar-refractivity contribution in [3.05, 3.63) is 77.4 Å². The first-order chi connectivity index (χ1) is 14.6. The standard InChI is InChI=1S/C20H12F5N5O/c1-10-2-5-15-14(6-10)28-19(20(23,24)25)30(15)17-9-26-16(8-27-17)29-18(31)12-4-3-11(21)7-13(12)22/h2-9H,1H3,(H,26,29,31). The number of imidazole rings is 1. The van der Waals surface area contributed by atoms with Crippen LogP contribution in [0.2, 0.25) is 0 Å². The molecule has 2 heterocycles. The first-order valence-electron chi connectivity index (χ1n) is 8.78. The minimum absolute atomic E-state index is 0.133. The summed E-state index contributed by atoms with van der Waals surface area (Å²) < 4.78 is 68.1. The van der Waals surface area contributed by atoms with Gasteiger partial charge < -0.3 is 5.32 Å². The van der Waals surface area contributed by atoms with Crippen molar-refractivity contribution in [1.29, 1.82) is 0 Å². The zero-order chi connectivity index (χ0) is 22.3. The Bertz CT molecular complexity index is 1300. The van der Waals surface area contributed by atoms with E-state index in [1.54, 1.807) is 13.0 Å².